The number of hydrogen-bond acceptors (Lipinski definition) is 1. The minimum absolute atomic E-state index is 0.340. The lowest BCUT2D eigenvalue weighted by Crippen LogP contribution is -2.10. The van der Waals surface area contributed by atoms with E-state index in [2.05, 4.69) is 38.9 Å². The molecule has 0 atom stereocenters. The molecule has 0 aromatic carbocycles. The molecule has 0 aliphatic rings. The van der Waals surface area contributed by atoms with Gasteiger partial charge < -0.3 is 0 Å². The zero-order valence-electron chi connectivity index (χ0n) is 8.46. The molecule has 68 valence electrons. The first-order valence-corrected chi connectivity index (χ1v) is 4.53. The standard InChI is InChI=1S/C10H18N2/c1-5-12-7-6-9(11-12)8-10(2,3)4/h6-7H,5,8H2,1-4H3. The molecule has 0 aliphatic heterocycles. The molecule has 0 unspecified atom stereocenters. The summed E-state index contributed by atoms with van der Waals surface area (Å²) >= 11 is 0. The molecule has 0 spiro atoms. The normalized spacial score (nSPS) is 12.0. The second kappa shape index (κ2) is 3.30. The van der Waals surface area contributed by atoms with Crippen molar-refractivity contribution in [1.82, 2.24) is 9.78 Å². The van der Waals surface area contributed by atoms with E-state index in [9.17, 15) is 0 Å². The smallest absolute Gasteiger partial charge is 0.0629 e. The van der Waals surface area contributed by atoms with Gasteiger partial charge in [0.25, 0.3) is 0 Å². The molecule has 0 saturated carbocycles. The third-order valence-electron chi connectivity index (χ3n) is 1.73. The van der Waals surface area contributed by atoms with Crippen LogP contribution in [0.3, 0.4) is 0 Å². The number of aryl methyl sites for hydroxylation is 1. The minimum atomic E-state index is 0.340. The Balaban J connectivity index is 2.64. The lowest BCUT2D eigenvalue weighted by atomic mass is 9.91. The van der Waals surface area contributed by atoms with Crippen molar-refractivity contribution in [2.24, 2.45) is 5.41 Å². The molecule has 0 amide bonds. The first kappa shape index (κ1) is 9.30. The number of aromatic nitrogens is 2. The van der Waals surface area contributed by atoms with Crippen molar-refractivity contribution in [2.75, 3.05) is 0 Å². The van der Waals surface area contributed by atoms with Gasteiger partial charge in [-0.25, -0.2) is 0 Å². The van der Waals surface area contributed by atoms with E-state index in [-0.39, 0.29) is 0 Å². The van der Waals surface area contributed by atoms with Gasteiger partial charge in [-0.1, -0.05) is 20.8 Å². The van der Waals surface area contributed by atoms with Crippen LogP contribution < -0.4 is 0 Å². The molecule has 12 heavy (non-hydrogen) atoms. The highest BCUT2D eigenvalue weighted by Gasteiger charge is 2.12. The summed E-state index contributed by atoms with van der Waals surface area (Å²) in [4.78, 5) is 0. The number of nitrogens with zero attached hydrogens (tertiary/aromatic N) is 2. The first-order valence-electron chi connectivity index (χ1n) is 4.53. The van der Waals surface area contributed by atoms with Crippen LogP contribution in [-0.4, -0.2) is 9.78 Å². The van der Waals surface area contributed by atoms with Gasteiger partial charge in [-0.05, 0) is 24.8 Å². The van der Waals surface area contributed by atoms with Gasteiger partial charge in [0.1, 0.15) is 0 Å². The van der Waals surface area contributed by atoms with E-state index >= 15 is 0 Å². The molecule has 1 aromatic rings. The first-order chi connectivity index (χ1) is 5.51. The summed E-state index contributed by atoms with van der Waals surface area (Å²) in [5, 5.41) is 4.43. The Morgan fingerprint density at radius 2 is 2.08 bits per heavy atom. The highest BCUT2D eigenvalue weighted by atomic mass is 15.3. The summed E-state index contributed by atoms with van der Waals surface area (Å²) in [5.74, 6) is 0. The molecule has 0 fully saturated rings. The zero-order chi connectivity index (χ0) is 9.19. The average molecular weight is 166 g/mol. The summed E-state index contributed by atoms with van der Waals surface area (Å²) in [6.07, 6.45) is 3.10. The molecule has 1 rings (SSSR count). The Morgan fingerprint density at radius 1 is 1.42 bits per heavy atom. The highest BCUT2D eigenvalue weighted by Crippen LogP contribution is 2.18. The maximum atomic E-state index is 4.43. The molecule has 2 nitrogen and oxygen atoms in total. The lowest BCUT2D eigenvalue weighted by molar-refractivity contribution is 0.403. The van der Waals surface area contributed by atoms with Crippen LogP contribution >= 0.6 is 0 Å². The summed E-state index contributed by atoms with van der Waals surface area (Å²) in [6, 6.07) is 2.11. The average Bonchev–Trinajstić information content (AvgIpc) is 2.32. The van der Waals surface area contributed by atoms with E-state index in [1.165, 1.54) is 5.69 Å². The zero-order valence-corrected chi connectivity index (χ0v) is 8.46. The molecular formula is C10H18N2. The van der Waals surface area contributed by atoms with E-state index in [4.69, 9.17) is 0 Å². The largest absolute Gasteiger partial charge is 0.273 e. The van der Waals surface area contributed by atoms with E-state index in [1.807, 2.05) is 10.9 Å². The SMILES string of the molecule is CCn1ccc(CC(C)(C)C)n1. The van der Waals surface area contributed by atoms with Crippen LogP contribution in [0.2, 0.25) is 0 Å². The summed E-state index contributed by atoms with van der Waals surface area (Å²) in [7, 11) is 0. The van der Waals surface area contributed by atoms with Crippen LogP contribution in [0.4, 0.5) is 0 Å². The van der Waals surface area contributed by atoms with Crippen LogP contribution in [0.1, 0.15) is 33.4 Å². The summed E-state index contributed by atoms with van der Waals surface area (Å²) in [5.41, 5.74) is 1.54. The van der Waals surface area contributed by atoms with Gasteiger partial charge in [0, 0.05) is 12.7 Å². The maximum Gasteiger partial charge on any atom is 0.0629 e. The van der Waals surface area contributed by atoms with Gasteiger partial charge in [0.2, 0.25) is 0 Å². The van der Waals surface area contributed by atoms with E-state index in [0.29, 0.717) is 5.41 Å². The highest BCUT2D eigenvalue weighted by molar-refractivity contribution is 5.01. The fraction of sp³-hybridized carbons (Fsp3) is 0.700. The van der Waals surface area contributed by atoms with Crippen LogP contribution in [0, 0.1) is 5.41 Å². The van der Waals surface area contributed by atoms with Crippen molar-refractivity contribution < 1.29 is 0 Å². The molecule has 1 aromatic heterocycles. The molecule has 1 heterocycles. The van der Waals surface area contributed by atoms with Crippen molar-refractivity contribution in [3.05, 3.63) is 18.0 Å². The van der Waals surface area contributed by atoms with E-state index in [1.54, 1.807) is 0 Å². The second-order valence-corrected chi connectivity index (χ2v) is 4.40. The molecule has 0 saturated heterocycles. The third-order valence-corrected chi connectivity index (χ3v) is 1.73. The Bertz CT molecular complexity index is 243. The van der Waals surface area contributed by atoms with Gasteiger partial charge in [-0.15, -0.1) is 0 Å². The Kier molecular flexibility index (Phi) is 2.55. The van der Waals surface area contributed by atoms with Gasteiger partial charge in [-0.2, -0.15) is 5.10 Å². The Hall–Kier alpha value is -0.790. The lowest BCUT2D eigenvalue weighted by Gasteiger charge is -2.15. The second-order valence-electron chi connectivity index (χ2n) is 4.40. The van der Waals surface area contributed by atoms with Crippen molar-refractivity contribution in [2.45, 2.75) is 40.7 Å². The minimum Gasteiger partial charge on any atom is -0.273 e. The molecule has 0 aliphatic carbocycles. The quantitative estimate of drug-likeness (QED) is 0.660. The van der Waals surface area contributed by atoms with Crippen molar-refractivity contribution >= 4 is 0 Å². The van der Waals surface area contributed by atoms with Crippen LogP contribution in [0.5, 0.6) is 0 Å². The van der Waals surface area contributed by atoms with Crippen LogP contribution in [-0.2, 0) is 13.0 Å². The van der Waals surface area contributed by atoms with Crippen molar-refractivity contribution in [3.63, 3.8) is 0 Å². The van der Waals surface area contributed by atoms with E-state index < -0.39 is 0 Å². The van der Waals surface area contributed by atoms with Gasteiger partial charge in [0.05, 0.1) is 5.69 Å². The van der Waals surface area contributed by atoms with Crippen molar-refractivity contribution in [1.29, 1.82) is 0 Å². The Labute approximate surface area is 74.6 Å². The Morgan fingerprint density at radius 3 is 2.50 bits per heavy atom. The summed E-state index contributed by atoms with van der Waals surface area (Å²) in [6.45, 7) is 9.77. The predicted molar refractivity (Wildman–Crippen MR) is 51.1 cm³/mol. The fourth-order valence-corrected chi connectivity index (χ4v) is 1.22. The van der Waals surface area contributed by atoms with Crippen LogP contribution in [0.15, 0.2) is 12.3 Å². The molecule has 2 heteroatoms. The maximum absolute atomic E-state index is 4.43. The molecule has 0 radical (unpaired) electrons. The third kappa shape index (κ3) is 2.68. The molecule has 0 bridgehead atoms. The predicted octanol–water partition coefficient (Wildman–Crippen LogP) is 2.49. The topological polar surface area (TPSA) is 17.8 Å². The van der Waals surface area contributed by atoms with Gasteiger partial charge in [-0.3, -0.25) is 4.68 Å². The summed E-state index contributed by atoms with van der Waals surface area (Å²) < 4.78 is 1.97. The van der Waals surface area contributed by atoms with E-state index in [0.717, 1.165) is 13.0 Å². The van der Waals surface area contributed by atoms with Gasteiger partial charge >= 0.3 is 0 Å². The van der Waals surface area contributed by atoms with Crippen molar-refractivity contribution in [3.8, 4) is 0 Å². The van der Waals surface area contributed by atoms with Gasteiger partial charge in [0.15, 0.2) is 0 Å². The number of rotatable bonds is 2. The fourth-order valence-electron chi connectivity index (χ4n) is 1.22. The molecular weight excluding hydrogens is 148 g/mol. The monoisotopic (exact) mass is 166 g/mol. The van der Waals surface area contributed by atoms with Crippen LogP contribution in [0.25, 0.3) is 0 Å². The molecule has 0 N–H and O–H groups in total. The number of hydrogen-bond donors (Lipinski definition) is 0.